The molecule has 0 aliphatic rings. The van der Waals surface area contributed by atoms with E-state index in [2.05, 4.69) is 5.10 Å². The van der Waals surface area contributed by atoms with Gasteiger partial charge in [-0.1, -0.05) is 23.7 Å². The topological polar surface area (TPSA) is 58.1 Å². The summed E-state index contributed by atoms with van der Waals surface area (Å²) < 4.78 is 1.21. The lowest BCUT2D eigenvalue weighted by Gasteiger charge is -2.06. The van der Waals surface area contributed by atoms with Crippen LogP contribution in [0.4, 0.5) is 0 Å². The number of aromatic nitrogens is 1. The maximum atomic E-state index is 12.1. The molecule has 0 atom stereocenters. The summed E-state index contributed by atoms with van der Waals surface area (Å²) in [5.41, 5.74) is 1.80. The summed E-state index contributed by atoms with van der Waals surface area (Å²) >= 11 is 5.88. The number of halogens is 1. The van der Waals surface area contributed by atoms with Gasteiger partial charge in [-0.15, -0.1) is 0 Å². The third kappa shape index (κ3) is 2.79. The second-order valence-electron chi connectivity index (χ2n) is 4.37. The standard InChI is InChI=1S/C15H12ClN3O/c1-10-6-11(2)19(15(20)14(10)8-17)18-9-12-4-3-5-13(16)7-12/h3-7,9H,1-2H3/b18-9-. The number of rotatable bonds is 2. The monoisotopic (exact) mass is 285 g/mol. The fourth-order valence-electron chi connectivity index (χ4n) is 1.87. The summed E-state index contributed by atoms with van der Waals surface area (Å²) in [6.45, 7) is 3.50. The minimum absolute atomic E-state index is 0.110. The van der Waals surface area contributed by atoms with Crippen LogP contribution in [0.2, 0.25) is 5.02 Å². The molecular formula is C15H12ClN3O. The molecular weight excluding hydrogens is 274 g/mol. The molecule has 2 aromatic rings. The highest BCUT2D eigenvalue weighted by Crippen LogP contribution is 2.09. The first-order valence-corrected chi connectivity index (χ1v) is 6.34. The Morgan fingerprint density at radius 1 is 1.35 bits per heavy atom. The van der Waals surface area contributed by atoms with E-state index in [4.69, 9.17) is 16.9 Å². The number of hydrogen-bond acceptors (Lipinski definition) is 3. The Bertz CT molecular complexity index is 785. The van der Waals surface area contributed by atoms with E-state index in [1.807, 2.05) is 12.1 Å². The van der Waals surface area contributed by atoms with E-state index in [9.17, 15) is 4.79 Å². The molecule has 0 radical (unpaired) electrons. The van der Waals surface area contributed by atoms with Gasteiger partial charge in [0.15, 0.2) is 0 Å². The minimum atomic E-state index is -0.414. The van der Waals surface area contributed by atoms with Crippen LogP contribution in [0.5, 0.6) is 0 Å². The molecule has 0 amide bonds. The van der Waals surface area contributed by atoms with E-state index >= 15 is 0 Å². The van der Waals surface area contributed by atoms with Crippen molar-refractivity contribution in [3.8, 4) is 6.07 Å². The van der Waals surface area contributed by atoms with Gasteiger partial charge in [0.05, 0.1) is 6.21 Å². The zero-order chi connectivity index (χ0) is 14.7. The molecule has 1 aromatic heterocycles. The lowest BCUT2D eigenvalue weighted by atomic mass is 10.1. The first kappa shape index (κ1) is 14.0. The first-order chi connectivity index (χ1) is 9.52. The summed E-state index contributed by atoms with van der Waals surface area (Å²) in [6, 6.07) is 10.8. The van der Waals surface area contributed by atoms with Crippen molar-refractivity contribution >= 4 is 17.8 Å². The van der Waals surface area contributed by atoms with Crippen molar-refractivity contribution in [2.24, 2.45) is 5.10 Å². The molecule has 0 bridgehead atoms. The van der Waals surface area contributed by atoms with E-state index in [-0.39, 0.29) is 5.56 Å². The molecule has 1 heterocycles. The Kier molecular flexibility index (Phi) is 4.02. The lowest BCUT2D eigenvalue weighted by Crippen LogP contribution is -2.22. The molecule has 0 saturated carbocycles. The third-order valence-electron chi connectivity index (χ3n) is 2.84. The average molecular weight is 286 g/mol. The smallest absolute Gasteiger partial charge is 0.266 e. The van der Waals surface area contributed by atoms with Gasteiger partial charge in [-0.3, -0.25) is 4.79 Å². The molecule has 5 heteroatoms. The second-order valence-corrected chi connectivity index (χ2v) is 4.81. The van der Waals surface area contributed by atoms with Gasteiger partial charge in [0.25, 0.3) is 5.56 Å². The number of hydrogen-bond donors (Lipinski definition) is 0. The summed E-state index contributed by atoms with van der Waals surface area (Å²) in [5, 5.41) is 13.7. The number of nitriles is 1. The molecule has 0 N–H and O–H groups in total. The predicted octanol–water partition coefficient (Wildman–Crippen LogP) is 2.87. The van der Waals surface area contributed by atoms with Gasteiger partial charge in [-0.2, -0.15) is 10.4 Å². The number of pyridine rings is 1. The van der Waals surface area contributed by atoms with Crippen LogP contribution in [-0.4, -0.2) is 10.9 Å². The molecule has 0 fully saturated rings. The highest BCUT2D eigenvalue weighted by Gasteiger charge is 2.08. The average Bonchev–Trinajstić information content (AvgIpc) is 2.38. The molecule has 0 aliphatic carbocycles. The fourth-order valence-corrected chi connectivity index (χ4v) is 2.07. The second kappa shape index (κ2) is 5.72. The van der Waals surface area contributed by atoms with Gasteiger partial charge in [0.1, 0.15) is 11.6 Å². The Morgan fingerprint density at radius 2 is 2.10 bits per heavy atom. The van der Waals surface area contributed by atoms with Gasteiger partial charge in [0, 0.05) is 10.7 Å². The highest BCUT2D eigenvalue weighted by molar-refractivity contribution is 6.30. The SMILES string of the molecule is Cc1cc(C)n(/N=C\c2cccc(Cl)c2)c(=O)c1C#N. The van der Waals surface area contributed by atoms with Gasteiger partial charge in [-0.25, -0.2) is 4.68 Å². The van der Waals surface area contributed by atoms with Gasteiger partial charge >= 0.3 is 0 Å². The van der Waals surface area contributed by atoms with E-state index in [0.717, 1.165) is 5.56 Å². The molecule has 0 spiro atoms. The summed E-state index contributed by atoms with van der Waals surface area (Å²) in [5.74, 6) is 0. The number of benzene rings is 1. The summed E-state index contributed by atoms with van der Waals surface area (Å²) in [4.78, 5) is 12.1. The van der Waals surface area contributed by atoms with Crippen molar-refractivity contribution in [2.75, 3.05) is 0 Å². The molecule has 0 aliphatic heterocycles. The van der Waals surface area contributed by atoms with Crippen molar-refractivity contribution in [3.63, 3.8) is 0 Å². The summed E-state index contributed by atoms with van der Waals surface area (Å²) in [6.07, 6.45) is 1.54. The van der Waals surface area contributed by atoms with Crippen molar-refractivity contribution in [1.82, 2.24) is 4.68 Å². The summed E-state index contributed by atoms with van der Waals surface area (Å²) in [7, 11) is 0. The van der Waals surface area contributed by atoms with Crippen LogP contribution in [0, 0.1) is 25.2 Å². The number of aryl methyl sites for hydroxylation is 2. The maximum Gasteiger partial charge on any atom is 0.289 e. The van der Waals surface area contributed by atoms with Crippen molar-refractivity contribution < 1.29 is 0 Å². The number of nitrogens with zero attached hydrogens (tertiary/aromatic N) is 3. The molecule has 100 valence electrons. The van der Waals surface area contributed by atoms with E-state index in [1.54, 1.807) is 38.1 Å². The maximum absolute atomic E-state index is 12.1. The van der Waals surface area contributed by atoms with E-state index in [1.165, 1.54) is 10.9 Å². The molecule has 2 rings (SSSR count). The zero-order valence-corrected chi connectivity index (χ0v) is 11.8. The van der Waals surface area contributed by atoms with Crippen LogP contribution < -0.4 is 5.56 Å². The minimum Gasteiger partial charge on any atom is -0.266 e. The fraction of sp³-hybridized carbons (Fsp3) is 0.133. The van der Waals surface area contributed by atoms with Gasteiger partial charge < -0.3 is 0 Å². The quantitative estimate of drug-likeness (QED) is 0.797. The zero-order valence-electron chi connectivity index (χ0n) is 11.1. The van der Waals surface area contributed by atoms with Crippen LogP contribution in [-0.2, 0) is 0 Å². The molecule has 0 unspecified atom stereocenters. The van der Waals surface area contributed by atoms with Crippen molar-refractivity contribution in [2.45, 2.75) is 13.8 Å². The van der Waals surface area contributed by atoms with Crippen LogP contribution in [0.1, 0.15) is 22.4 Å². The molecule has 1 aromatic carbocycles. The Hall–Kier alpha value is -2.38. The van der Waals surface area contributed by atoms with Crippen molar-refractivity contribution in [3.05, 3.63) is 68.1 Å². The normalized spacial score (nSPS) is 10.7. The molecule has 20 heavy (non-hydrogen) atoms. The van der Waals surface area contributed by atoms with Crippen LogP contribution in [0.25, 0.3) is 0 Å². The highest BCUT2D eigenvalue weighted by atomic mass is 35.5. The van der Waals surface area contributed by atoms with Gasteiger partial charge in [-0.05, 0) is 43.2 Å². The Labute approximate surface area is 121 Å². The Balaban J connectivity index is 2.50. The predicted molar refractivity (Wildman–Crippen MR) is 79.3 cm³/mol. The van der Waals surface area contributed by atoms with E-state index < -0.39 is 5.56 Å². The first-order valence-electron chi connectivity index (χ1n) is 5.96. The van der Waals surface area contributed by atoms with E-state index in [0.29, 0.717) is 16.3 Å². The van der Waals surface area contributed by atoms with Crippen LogP contribution in [0.15, 0.2) is 40.2 Å². The Morgan fingerprint density at radius 3 is 2.75 bits per heavy atom. The molecule has 0 saturated heterocycles. The largest absolute Gasteiger partial charge is 0.289 e. The molecule has 4 nitrogen and oxygen atoms in total. The van der Waals surface area contributed by atoms with Gasteiger partial charge in [0.2, 0.25) is 0 Å². The third-order valence-corrected chi connectivity index (χ3v) is 3.08. The lowest BCUT2D eigenvalue weighted by molar-refractivity contribution is 0.786. The van der Waals surface area contributed by atoms with Crippen LogP contribution >= 0.6 is 11.6 Å². The van der Waals surface area contributed by atoms with Crippen molar-refractivity contribution in [1.29, 1.82) is 5.26 Å². The van der Waals surface area contributed by atoms with Crippen LogP contribution in [0.3, 0.4) is 0 Å².